The predicted molar refractivity (Wildman–Crippen MR) is 70.0 cm³/mol. The quantitative estimate of drug-likeness (QED) is 0.514. The van der Waals surface area contributed by atoms with Crippen LogP contribution < -0.4 is 16.6 Å². The lowest BCUT2D eigenvalue weighted by molar-refractivity contribution is 0.0866. The van der Waals surface area contributed by atoms with E-state index >= 15 is 0 Å². The summed E-state index contributed by atoms with van der Waals surface area (Å²) in [6, 6.07) is 3.30. The molecule has 0 saturated heterocycles. The van der Waals surface area contributed by atoms with Crippen LogP contribution in [-0.4, -0.2) is 30.6 Å². The molecule has 18 heavy (non-hydrogen) atoms. The molecular weight excluding hydrogens is 232 g/mol. The van der Waals surface area contributed by atoms with Crippen molar-refractivity contribution in [2.24, 2.45) is 11.8 Å². The number of hydrogen-bond acceptors (Lipinski definition) is 5. The van der Waals surface area contributed by atoms with Crippen molar-refractivity contribution >= 4 is 11.7 Å². The Morgan fingerprint density at radius 3 is 2.67 bits per heavy atom. The van der Waals surface area contributed by atoms with Gasteiger partial charge in [0.2, 0.25) is 0 Å². The van der Waals surface area contributed by atoms with Gasteiger partial charge in [0.1, 0.15) is 5.82 Å². The van der Waals surface area contributed by atoms with E-state index in [2.05, 4.69) is 15.7 Å². The van der Waals surface area contributed by atoms with E-state index in [1.54, 1.807) is 19.2 Å². The van der Waals surface area contributed by atoms with Crippen LogP contribution in [0.25, 0.3) is 0 Å². The number of nitrogens with two attached hydrogens (primary N) is 1. The van der Waals surface area contributed by atoms with Crippen LogP contribution in [0.1, 0.15) is 24.2 Å². The highest BCUT2D eigenvalue weighted by Gasteiger charge is 2.17. The average molecular weight is 252 g/mol. The Morgan fingerprint density at radius 2 is 2.22 bits per heavy atom. The van der Waals surface area contributed by atoms with Crippen molar-refractivity contribution in [3.05, 3.63) is 23.9 Å². The summed E-state index contributed by atoms with van der Waals surface area (Å²) in [5, 5.41) is 2.92. The molecule has 0 radical (unpaired) electrons. The number of aromatic nitrogens is 1. The fraction of sp³-hybridized carbons (Fsp3) is 0.500. The highest BCUT2D eigenvalue weighted by Crippen LogP contribution is 2.06. The number of anilines is 1. The Labute approximate surface area is 107 Å². The molecule has 1 amide bonds. The average Bonchev–Trinajstić information content (AvgIpc) is 2.38. The van der Waals surface area contributed by atoms with E-state index in [9.17, 15) is 4.79 Å². The van der Waals surface area contributed by atoms with Crippen molar-refractivity contribution in [1.82, 2.24) is 10.3 Å². The molecule has 0 spiro atoms. The van der Waals surface area contributed by atoms with Crippen LogP contribution in [0.3, 0.4) is 0 Å². The van der Waals surface area contributed by atoms with E-state index in [1.165, 1.54) is 6.20 Å². The minimum atomic E-state index is -0.165. The van der Waals surface area contributed by atoms with Crippen LogP contribution in [0.2, 0.25) is 0 Å². The summed E-state index contributed by atoms with van der Waals surface area (Å²) in [6.45, 7) is 4.55. The molecule has 0 aliphatic rings. The number of nitrogen functional groups attached to an aromatic ring is 1. The van der Waals surface area contributed by atoms with Crippen molar-refractivity contribution in [1.29, 1.82) is 0 Å². The first-order chi connectivity index (χ1) is 8.58. The molecule has 1 heterocycles. The van der Waals surface area contributed by atoms with Crippen LogP contribution >= 0.6 is 0 Å². The molecule has 0 bridgehead atoms. The minimum absolute atomic E-state index is 0.0187. The van der Waals surface area contributed by atoms with E-state index in [0.29, 0.717) is 23.9 Å². The molecule has 1 unspecified atom stereocenters. The number of rotatable bonds is 6. The number of nitrogens with zero attached hydrogens (tertiary/aromatic N) is 1. The maximum absolute atomic E-state index is 12.0. The number of hydrogen-bond donors (Lipinski definition) is 3. The second-order valence-electron chi connectivity index (χ2n) is 4.36. The third-order valence-electron chi connectivity index (χ3n) is 2.64. The third-order valence-corrected chi connectivity index (χ3v) is 2.64. The van der Waals surface area contributed by atoms with Gasteiger partial charge in [0, 0.05) is 13.3 Å². The number of ether oxygens (including phenoxy) is 1. The number of pyridine rings is 1. The zero-order valence-corrected chi connectivity index (χ0v) is 10.9. The van der Waals surface area contributed by atoms with Gasteiger partial charge in [-0.05, 0) is 18.1 Å². The fourth-order valence-electron chi connectivity index (χ4n) is 1.45. The van der Waals surface area contributed by atoms with E-state index in [1.807, 2.05) is 13.8 Å². The van der Waals surface area contributed by atoms with E-state index in [-0.39, 0.29) is 11.9 Å². The second-order valence-corrected chi connectivity index (χ2v) is 4.36. The third kappa shape index (κ3) is 3.97. The van der Waals surface area contributed by atoms with Gasteiger partial charge in [-0.3, -0.25) is 4.79 Å². The normalized spacial score (nSPS) is 12.3. The van der Waals surface area contributed by atoms with E-state index in [0.717, 1.165) is 0 Å². The lowest BCUT2D eigenvalue weighted by Crippen LogP contribution is -2.41. The van der Waals surface area contributed by atoms with Crippen molar-refractivity contribution in [2.45, 2.75) is 19.9 Å². The molecule has 1 aromatic heterocycles. The Hall–Kier alpha value is -1.66. The molecule has 1 rings (SSSR count). The maximum Gasteiger partial charge on any atom is 0.253 e. The largest absolute Gasteiger partial charge is 0.383 e. The molecular formula is C12H20N4O2. The summed E-state index contributed by atoms with van der Waals surface area (Å²) in [6.07, 6.45) is 1.48. The molecule has 0 fully saturated rings. The summed E-state index contributed by atoms with van der Waals surface area (Å²) in [7, 11) is 1.62. The number of carbonyl (C=O) groups is 1. The van der Waals surface area contributed by atoms with Gasteiger partial charge in [0.05, 0.1) is 18.2 Å². The number of amides is 1. The Kier molecular flexibility index (Phi) is 5.54. The van der Waals surface area contributed by atoms with Crippen molar-refractivity contribution in [3.63, 3.8) is 0 Å². The van der Waals surface area contributed by atoms with Crippen molar-refractivity contribution in [3.8, 4) is 0 Å². The standard InChI is InChI=1S/C12H20N4O2/c1-8(2)10(7-18-3)15-12(17)9-4-5-11(16-13)14-6-9/h4-6,8,10H,7,13H2,1-3H3,(H,14,16)(H,15,17). The van der Waals surface area contributed by atoms with Crippen LogP contribution in [0.4, 0.5) is 5.82 Å². The summed E-state index contributed by atoms with van der Waals surface area (Å²) < 4.78 is 5.08. The number of carbonyl (C=O) groups excluding carboxylic acids is 1. The molecule has 1 aromatic rings. The first-order valence-electron chi connectivity index (χ1n) is 5.81. The zero-order valence-electron chi connectivity index (χ0n) is 10.9. The van der Waals surface area contributed by atoms with Crippen LogP contribution in [-0.2, 0) is 4.74 Å². The molecule has 0 aliphatic heterocycles. The first kappa shape index (κ1) is 14.4. The van der Waals surface area contributed by atoms with Gasteiger partial charge in [0.25, 0.3) is 5.91 Å². The minimum Gasteiger partial charge on any atom is -0.383 e. The van der Waals surface area contributed by atoms with Crippen LogP contribution in [0.15, 0.2) is 18.3 Å². The van der Waals surface area contributed by atoms with Crippen molar-refractivity contribution < 1.29 is 9.53 Å². The molecule has 0 saturated carbocycles. The lowest BCUT2D eigenvalue weighted by Gasteiger charge is -2.21. The Bertz CT molecular complexity index is 378. The molecule has 0 aliphatic carbocycles. The van der Waals surface area contributed by atoms with Crippen LogP contribution in [0.5, 0.6) is 0 Å². The Morgan fingerprint density at radius 1 is 1.50 bits per heavy atom. The van der Waals surface area contributed by atoms with Gasteiger partial charge < -0.3 is 15.5 Å². The smallest absolute Gasteiger partial charge is 0.253 e. The number of methoxy groups -OCH3 is 1. The second kappa shape index (κ2) is 6.93. The lowest BCUT2D eigenvalue weighted by atomic mass is 10.0. The van der Waals surface area contributed by atoms with Crippen LogP contribution in [0, 0.1) is 5.92 Å². The zero-order chi connectivity index (χ0) is 13.5. The molecule has 6 heteroatoms. The molecule has 1 atom stereocenters. The highest BCUT2D eigenvalue weighted by atomic mass is 16.5. The predicted octanol–water partition coefficient (Wildman–Crippen LogP) is 0.768. The first-order valence-corrected chi connectivity index (χ1v) is 5.81. The van der Waals surface area contributed by atoms with Gasteiger partial charge in [-0.1, -0.05) is 13.8 Å². The summed E-state index contributed by atoms with van der Waals surface area (Å²) in [5.74, 6) is 5.86. The van der Waals surface area contributed by atoms with Gasteiger partial charge in [-0.25, -0.2) is 10.8 Å². The summed E-state index contributed by atoms with van der Waals surface area (Å²) >= 11 is 0. The van der Waals surface area contributed by atoms with E-state index in [4.69, 9.17) is 10.6 Å². The van der Waals surface area contributed by atoms with Gasteiger partial charge in [-0.2, -0.15) is 0 Å². The summed E-state index contributed by atoms with van der Waals surface area (Å²) in [4.78, 5) is 16.0. The monoisotopic (exact) mass is 252 g/mol. The number of nitrogens with one attached hydrogen (secondary N) is 2. The maximum atomic E-state index is 12.0. The molecule has 0 aromatic carbocycles. The number of hydrazine groups is 1. The molecule has 100 valence electrons. The molecule has 4 N–H and O–H groups in total. The van der Waals surface area contributed by atoms with Gasteiger partial charge in [0.15, 0.2) is 0 Å². The summed E-state index contributed by atoms with van der Waals surface area (Å²) in [5.41, 5.74) is 2.91. The fourth-order valence-corrected chi connectivity index (χ4v) is 1.45. The SMILES string of the molecule is COCC(NC(=O)c1ccc(NN)nc1)C(C)C. The van der Waals surface area contributed by atoms with Crippen molar-refractivity contribution in [2.75, 3.05) is 19.1 Å². The molecule has 6 nitrogen and oxygen atoms in total. The Balaban J connectivity index is 2.67. The highest BCUT2D eigenvalue weighted by molar-refractivity contribution is 5.94. The van der Waals surface area contributed by atoms with Gasteiger partial charge in [-0.15, -0.1) is 0 Å². The topological polar surface area (TPSA) is 89.3 Å². The van der Waals surface area contributed by atoms with Gasteiger partial charge >= 0.3 is 0 Å². The van der Waals surface area contributed by atoms with E-state index < -0.39 is 0 Å².